The van der Waals surface area contributed by atoms with Crippen LogP contribution in [0.4, 0.5) is 5.69 Å². The van der Waals surface area contributed by atoms with E-state index in [4.69, 9.17) is 20.5 Å². The fourth-order valence-electron chi connectivity index (χ4n) is 2.03. The van der Waals surface area contributed by atoms with Crippen molar-refractivity contribution >= 4 is 21.6 Å². The van der Waals surface area contributed by atoms with Gasteiger partial charge in [0.1, 0.15) is 24.2 Å². The first-order valence-corrected chi connectivity index (χ1v) is 7.10. The van der Waals surface area contributed by atoms with Crippen molar-refractivity contribution in [3.8, 4) is 17.6 Å². The van der Waals surface area contributed by atoms with Gasteiger partial charge in [0.05, 0.1) is 18.4 Å². The Morgan fingerprint density at radius 2 is 2.05 bits per heavy atom. The quantitative estimate of drug-likeness (QED) is 0.855. The smallest absolute Gasteiger partial charge is 0.145 e. The predicted molar refractivity (Wildman–Crippen MR) is 85.3 cm³/mol. The van der Waals surface area contributed by atoms with Crippen LogP contribution >= 0.6 is 15.9 Å². The maximum atomic E-state index is 8.96. The number of hydrogen-bond acceptors (Lipinski definition) is 4. The fraction of sp³-hybridized carbons (Fsp3) is 0.188. The van der Waals surface area contributed by atoms with Crippen molar-refractivity contribution in [1.29, 1.82) is 5.26 Å². The van der Waals surface area contributed by atoms with E-state index >= 15 is 0 Å². The van der Waals surface area contributed by atoms with Gasteiger partial charge in [0.15, 0.2) is 0 Å². The number of benzene rings is 2. The highest BCUT2D eigenvalue weighted by atomic mass is 79.9. The molecule has 4 nitrogen and oxygen atoms in total. The zero-order chi connectivity index (χ0) is 15.4. The molecule has 0 saturated carbocycles. The molecule has 2 rings (SSSR count). The van der Waals surface area contributed by atoms with Gasteiger partial charge in [0, 0.05) is 4.47 Å². The minimum atomic E-state index is 0.356. The average molecular weight is 347 g/mol. The molecule has 0 radical (unpaired) electrons. The summed E-state index contributed by atoms with van der Waals surface area (Å²) in [6.07, 6.45) is 0. The lowest BCUT2D eigenvalue weighted by Gasteiger charge is -2.13. The molecule has 0 bridgehead atoms. The second-order valence-corrected chi connectivity index (χ2v) is 5.49. The lowest BCUT2D eigenvalue weighted by molar-refractivity contribution is 0.305. The number of nitrogen functional groups attached to an aromatic ring is 1. The summed E-state index contributed by atoms with van der Waals surface area (Å²) < 4.78 is 11.9. The number of rotatable bonds is 4. The van der Waals surface area contributed by atoms with Gasteiger partial charge >= 0.3 is 0 Å². The molecule has 0 fully saturated rings. The molecule has 2 N–H and O–H groups in total. The van der Waals surface area contributed by atoms with E-state index in [1.165, 1.54) is 7.11 Å². The minimum Gasteiger partial charge on any atom is -0.495 e. The van der Waals surface area contributed by atoms with Gasteiger partial charge in [0.25, 0.3) is 0 Å². The summed E-state index contributed by atoms with van der Waals surface area (Å²) in [6.45, 7) is 2.30. The zero-order valence-corrected chi connectivity index (χ0v) is 13.4. The molecule has 0 amide bonds. The summed E-state index contributed by atoms with van der Waals surface area (Å²) in [7, 11) is 1.54. The van der Waals surface area contributed by atoms with Gasteiger partial charge in [-0.3, -0.25) is 0 Å². The van der Waals surface area contributed by atoms with E-state index in [9.17, 15) is 0 Å². The van der Waals surface area contributed by atoms with Crippen LogP contribution in [0.5, 0.6) is 11.5 Å². The van der Waals surface area contributed by atoms with E-state index in [-0.39, 0.29) is 0 Å². The molecule has 108 valence electrons. The van der Waals surface area contributed by atoms with E-state index in [2.05, 4.69) is 22.0 Å². The zero-order valence-electron chi connectivity index (χ0n) is 11.8. The van der Waals surface area contributed by atoms with Gasteiger partial charge in [-0.15, -0.1) is 0 Å². The van der Waals surface area contributed by atoms with E-state index in [1.807, 2.05) is 25.1 Å². The van der Waals surface area contributed by atoms with Gasteiger partial charge in [-0.1, -0.05) is 22.0 Å². The standard InChI is InChI=1S/C16H15BrN2O2/c1-10-5-13(17)7-14(19)16(10)21-9-11-3-4-12(8-18)15(6-11)20-2/h3-7H,9,19H2,1-2H3. The highest BCUT2D eigenvalue weighted by Gasteiger charge is 2.08. The van der Waals surface area contributed by atoms with E-state index < -0.39 is 0 Å². The molecule has 0 aliphatic rings. The van der Waals surface area contributed by atoms with Crippen LogP contribution in [0.3, 0.4) is 0 Å². The SMILES string of the molecule is COc1cc(COc2c(C)cc(Br)cc2N)ccc1C#N. The Morgan fingerprint density at radius 3 is 2.67 bits per heavy atom. The molecule has 0 aliphatic heterocycles. The van der Waals surface area contributed by atoms with E-state index in [0.717, 1.165) is 15.6 Å². The topological polar surface area (TPSA) is 68.3 Å². The molecule has 0 atom stereocenters. The Hall–Kier alpha value is -2.19. The lowest BCUT2D eigenvalue weighted by Crippen LogP contribution is -2.01. The Balaban J connectivity index is 2.19. The number of hydrogen-bond donors (Lipinski definition) is 1. The lowest BCUT2D eigenvalue weighted by atomic mass is 10.1. The number of aryl methyl sites for hydroxylation is 1. The van der Waals surface area contributed by atoms with Gasteiger partial charge in [-0.2, -0.15) is 5.26 Å². The summed E-state index contributed by atoms with van der Waals surface area (Å²) in [4.78, 5) is 0. The fourth-order valence-corrected chi connectivity index (χ4v) is 2.62. The molecule has 21 heavy (non-hydrogen) atoms. The normalized spacial score (nSPS) is 10.0. The molecular weight excluding hydrogens is 332 g/mol. The molecule has 0 aromatic heterocycles. The molecule has 5 heteroatoms. The molecule has 2 aromatic rings. The van der Waals surface area contributed by atoms with Crippen molar-refractivity contribution < 1.29 is 9.47 Å². The molecule has 0 heterocycles. The summed E-state index contributed by atoms with van der Waals surface area (Å²) >= 11 is 3.40. The first-order valence-electron chi connectivity index (χ1n) is 6.30. The highest BCUT2D eigenvalue weighted by Crippen LogP contribution is 2.31. The second kappa shape index (κ2) is 6.51. The van der Waals surface area contributed by atoms with E-state index in [0.29, 0.717) is 29.4 Å². The predicted octanol–water partition coefficient (Wildman–Crippen LogP) is 3.80. The first kappa shape index (κ1) is 15.2. The van der Waals surface area contributed by atoms with Crippen LogP contribution in [0.2, 0.25) is 0 Å². The van der Waals surface area contributed by atoms with Crippen LogP contribution in [0.15, 0.2) is 34.8 Å². The molecule has 2 aromatic carbocycles. The second-order valence-electron chi connectivity index (χ2n) is 4.58. The number of halogens is 1. The number of methoxy groups -OCH3 is 1. The van der Waals surface area contributed by atoms with Gasteiger partial charge in [-0.05, 0) is 42.3 Å². The van der Waals surface area contributed by atoms with Crippen molar-refractivity contribution in [3.05, 3.63) is 51.5 Å². The Kier molecular flexibility index (Phi) is 4.71. The summed E-state index contributed by atoms with van der Waals surface area (Å²) in [5.74, 6) is 1.21. The molecule has 0 saturated heterocycles. The third kappa shape index (κ3) is 3.47. The summed E-state index contributed by atoms with van der Waals surface area (Å²) in [5.41, 5.74) is 8.92. The van der Waals surface area contributed by atoms with Crippen LogP contribution in [-0.2, 0) is 6.61 Å². The third-order valence-corrected chi connectivity index (χ3v) is 3.50. The molecular formula is C16H15BrN2O2. The maximum absolute atomic E-state index is 8.96. The maximum Gasteiger partial charge on any atom is 0.145 e. The molecule has 0 unspecified atom stereocenters. The average Bonchev–Trinajstić information content (AvgIpc) is 2.45. The Labute approximate surface area is 132 Å². The van der Waals surface area contributed by atoms with Gasteiger partial charge in [0.2, 0.25) is 0 Å². The van der Waals surface area contributed by atoms with Gasteiger partial charge < -0.3 is 15.2 Å². The monoisotopic (exact) mass is 346 g/mol. The number of nitrogens with two attached hydrogens (primary N) is 1. The van der Waals surface area contributed by atoms with Crippen LogP contribution in [0, 0.1) is 18.3 Å². The largest absolute Gasteiger partial charge is 0.495 e. The number of nitriles is 1. The summed E-state index contributed by atoms with van der Waals surface area (Å²) in [5, 5.41) is 8.96. The van der Waals surface area contributed by atoms with E-state index in [1.54, 1.807) is 12.1 Å². The van der Waals surface area contributed by atoms with Gasteiger partial charge in [-0.25, -0.2) is 0 Å². The van der Waals surface area contributed by atoms with Crippen molar-refractivity contribution in [2.45, 2.75) is 13.5 Å². The Morgan fingerprint density at radius 1 is 1.29 bits per heavy atom. The molecule has 0 spiro atoms. The van der Waals surface area contributed by atoms with Crippen molar-refractivity contribution in [2.24, 2.45) is 0 Å². The van der Waals surface area contributed by atoms with Crippen molar-refractivity contribution in [3.63, 3.8) is 0 Å². The van der Waals surface area contributed by atoms with Crippen LogP contribution in [0.25, 0.3) is 0 Å². The van der Waals surface area contributed by atoms with Crippen LogP contribution < -0.4 is 15.2 Å². The number of anilines is 1. The van der Waals surface area contributed by atoms with Crippen molar-refractivity contribution in [1.82, 2.24) is 0 Å². The Bertz CT molecular complexity index is 685. The van der Waals surface area contributed by atoms with Crippen LogP contribution in [0.1, 0.15) is 16.7 Å². The summed E-state index contributed by atoms with van der Waals surface area (Å²) in [6, 6.07) is 11.2. The number of nitrogens with zero attached hydrogens (tertiary/aromatic N) is 1. The van der Waals surface area contributed by atoms with Crippen molar-refractivity contribution in [2.75, 3.05) is 12.8 Å². The highest BCUT2D eigenvalue weighted by molar-refractivity contribution is 9.10. The molecule has 0 aliphatic carbocycles. The van der Waals surface area contributed by atoms with Crippen LogP contribution in [-0.4, -0.2) is 7.11 Å². The number of ether oxygens (including phenoxy) is 2. The first-order chi connectivity index (χ1) is 10.0. The third-order valence-electron chi connectivity index (χ3n) is 3.04. The minimum absolute atomic E-state index is 0.356.